The normalized spacial score (nSPS) is 11.1. The molecule has 0 aromatic heterocycles. The minimum absolute atomic E-state index is 0.00745. The van der Waals surface area contributed by atoms with E-state index >= 15 is 0 Å². The topological polar surface area (TPSA) is 84.5 Å². The fourth-order valence-corrected chi connectivity index (χ4v) is 3.64. The summed E-state index contributed by atoms with van der Waals surface area (Å²) in [7, 11) is -3.62. The highest BCUT2D eigenvalue weighted by Gasteiger charge is 2.13. The molecule has 156 valence electrons. The van der Waals surface area contributed by atoms with Crippen LogP contribution < -0.4 is 14.8 Å². The number of benzene rings is 3. The van der Waals surface area contributed by atoms with E-state index < -0.39 is 10.0 Å². The predicted octanol–water partition coefficient (Wildman–Crippen LogP) is 3.60. The van der Waals surface area contributed by atoms with Gasteiger partial charge in [-0.05, 0) is 54.1 Å². The van der Waals surface area contributed by atoms with Gasteiger partial charge in [0.05, 0.1) is 4.90 Å². The fraction of sp³-hybridized carbons (Fsp3) is 0.136. The van der Waals surface area contributed by atoms with Crippen LogP contribution in [-0.2, 0) is 21.4 Å². The quantitative estimate of drug-likeness (QED) is 0.545. The van der Waals surface area contributed by atoms with Crippen LogP contribution in [0.15, 0.2) is 83.8 Å². The molecule has 3 aromatic carbocycles. The van der Waals surface area contributed by atoms with Crippen LogP contribution >= 0.6 is 0 Å². The summed E-state index contributed by atoms with van der Waals surface area (Å²) in [4.78, 5) is 12.1. The zero-order valence-corrected chi connectivity index (χ0v) is 16.9. The second kappa shape index (κ2) is 10.00. The van der Waals surface area contributed by atoms with Crippen molar-refractivity contribution in [2.24, 2.45) is 0 Å². The lowest BCUT2D eigenvalue weighted by molar-refractivity contribution is -0.121. The molecule has 0 aliphatic carbocycles. The van der Waals surface area contributed by atoms with Gasteiger partial charge < -0.3 is 10.1 Å². The molecule has 6 nitrogen and oxygen atoms in total. The fourth-order valence-electron chi connectivity index (χ4n) is 2.59. The minimum Gasteiger partial charge on any atom is -0.457 e. The Balaban J connectivity index is 1.42. The van der Waals surface area contributed by atoms with Gasteiger partial charge in [0.1, 0.15) is 17.3 Å². The molecule has 0 aliphatic rings. The minimum atomic E-state index is -3.62. The Morgan fingerprint density at radius 2 is 1.47 bits per heavy atom. The van der Waals surface area contributed by atoms with Crippen molar-refractivity contribution in [1.29, 1.82) is 0 Å². The molecular formula is C22H21FN2O4S. The van der Waals surface area contributed by atoms with Crippen LogP contribution in [0.25, 0.3) is 0 Å². The van der Waals surface area contributed by atoms with Gasteiger partial charge in [-0.1, -0.05) is 30.3 Å². The van der Waals surface area contributed by atoms with Crippen molar-refractivity contribution >= 4 is 15.9 Å². The Morgan fingerprint density at radius 1 is 0.867 bits per heavy atom. The van der Waals surface area contributed by atoms with Crippen molar-refractivity contribution in [1.82, 2.24) is 10.0 Å². The smallest absolute Gasteiger partial charge is 0.240 e. The zero-order chi connectivity index (χ0) is 21.4. The summed E-state index contributed by atoms with van der Waals surface area (Å²) in [6.45, 7) is 0.314. The van der Waals surface area contributed by atoms with E-state index in [4.69, 9.17) is 4.74 Å². The molecular weight excluding hydrogens is 407 g/mol. The summed E-state index contributed by atoms with van der Waals surface area (Å²) >= 11 is 0. The molecule has 0 unspecified atom stereocenters. The van der Waals surface area contributed by atoms with Gasteiger partial charge >= 0.3 is 0 Å². The molecule has 3 rings (SSSR count). The van der Waals surface area contributed by atoms with Gasteiger partial charge in [-0.25, -0.2) is 17.5 Å². The van der Waals surface area contributed by atoms with Crippen molar-refractivity contribution in [2.45, 2.75) is 17.9 Å². The molecule has 0 saturated heterocycles. The number of nitrogens with one attached hydrogen (secondary N) is 2. The summed E-state index contributed by atoms with van der Waals surface area (Å²) in [5.74, 6) is 0.515. The van der Waals surface area contributed by atoms with Crippen LogP contribution in [-0.4, -0.2) is 20.9 Å². The summed E-state index contributed by atoms with van der Waals surface area (Å²) in [5, 5.41) is 2.74. The third kappa shape index (κ3) is 6.40. The van der Waals surface area contributed by atoms with Crippen LogP contribution in [0.1, 0.15) is 12.0 Å². The van der Waals surface area contributed by atoms with E-state index in [-0.39, 0.29) is 29.6 Å². The molecule has 30 heavy (non-hydrogen) atoms. The predicted molar refractivity (Wildman–Crippen MR) is 111 cm³/mol. The van der Waals surface area contributed by atoms with Crippen LogP contribution in [0, 0.1) is 5.82 Å². The molecule has 0 atom stereocenters. The number of amides is 1. The summed E-state index contributed by atoms with van der Waals surface area (Å²) in [6, 6.07) is 20.8. The van der Waals surface area contributed by atoms with Gasteiger partial charge in [0, 0.05) is 19.5 Å². The summed E-state index contributed by atoms with van der Waals surface area (Å²) in [6.07, 6.45) is 0.0256. The van der Waals surface area contributed by atoms with E-state index in [0.717, 1.165) is 5.56 Å². The highest BCUT2D eigenvalue weighted by molar-refractivity contribution is 7.89. The van der Waals surface area contributed by atoms with Gasteiger partial charge in [-0.3, -0.25) is 4.79 Å². The van der Waals surface area contributed by atoms with Gasteiger partial charge in [-0.2, -0.15) is 0 Å². The van der Waals surface area contributed by atoms with Crippen molar-refractivity contribution in [3.8, 4) is 11.5 Å². The summed E-state index contributed by atoms with van der Waals surface area (Å²) in [5.41, 5.74) is 0.861. The SMILES string of the molecule is O=C(CCNS(=O)(=O)c1ccccc1)NCc1ccc(Oc2ccc(F)cc2)cc1. The first kappa shape index (κ1) is 21.5. The lowest BCUT2D eigenvalue weighted by atomic mass is 10.2. The van der Waals surface area contributed by atoms with Crippen LogP contribution in [0.4, 0.5) is 4.39 Å². The van der Waals surface area contributed by atoms with E-state index in [1.165, 1.54) is 36.4 Å². The molecule has 0 heterocycles. The summed E-state index contributed by atoms with van der Waals surface area (Å²) < 4.78 is 45.1. The number of sulfonamides is 1. The van der Waals surface area contributed by atoms with Gasteiger partial charge in [0.25, 0.3) is 0 Å². The zero-order valence-electron chi connectivity index (χ0n) is 16.0. The maximum atomic E-state index is 12.9. The third-order valence-electron chi connectivity index (χ3n) is 4.16. The Morgan fingerprint density at radius 3 is 2.10 bits per heavy atom. The van der Waals surface area contributed by atoms with E-state index in [9.17, 15) is 17.6 Å². The van der Waals surface area contributed by atoms with Crippen molar-refractivity contribution in [3.63, 3.8) is 0 Å². The lowest BCUT2D eigenvalue weighted by Gasteiger charge is -2.09. The molecule has 0 radical (unpaired) electrons. The second-order valence-corrected chi connectivity index (χ2v) is 8.20. The highest BCUT2D eigenvalue weighted by Crippen LogP contribution is 2.21. The number of halogens is 1. The molecule has 0 spiro atoms. The Hall–Kier alpha value is -3.23. The average molecular weight is 428 g/mol. The standard InChI is InChI=1S/C22H21FN2O4S/c23-18-8-12-20(13-9-18)29-19-10-6-17(7-11-19)16-24-22(26)14-15-25-30(27,28)21-4-2-1-3-5-21/h1-13,25H,14-16H2,(H,24,26). The molecule has 1 amide bonds. The van der Waals surface area contributed by atoms with E-state index in [2.05, 4.69) is 10.0 Å². The lowest BCUT2D eigenvalue weighted by Crippen LogP contribution is -2.30. The number of carbonyl (C=O) groups is 1. The van der Waals surface area contributed by atoms with Gasteiger partial charge in [0.2, 0.25) is 15.9 Å². The Bertz CT molecular complexity index is 1070. The van der Waals surface area contributed by atoms with E-state index in [0.29, 0.717) is 18.0 Å². The third-order valence-corrected chi connectivity index (χ3v) is 5.64. The van der Waals surface area contributed by atoms with Crippen molar-refractivity contribution < 1.29 is 22.3 Å². The van der Waals surface area contributed by atoms with Gasteiger partial charge in [0.15, 0.2) is 0 Å². The number of hydrogen-bond donors (Lipinski definition) is 2. The molecule has 0 aliphatic heterocycles. The number of carbonyl (C=O) groups excluding carboxylic acids is 1. The largest absolute Gasteiger partial charge is 0.457 e. The van der Waals surface area contributed by atoms with Crippen LogP contribution in [0.2, 0.25) is 0 Å². The molecule has 8 heteroatoms. The number of rotatable bonds is 9. The first-order valence-corrected chi connectivity index (χ1v) is 10.7. The molecule has 0 bridgehead atoms. The molecule has 0 saturated carbocycles. The first-order chi connectivity index (χ1) is 14.4. The van der Waals surface area contributed by atoms with Gasteiger partial charge in [-0.15, -0.1) is 0 Å². The Labute approximate surface area is 174 Å². The molecule has 3 aromatic rings. The first-order valence-electron chi connectivity index (χ1n) is 9.26. The van der Waals surface area contributed by atoms with Crippen molar-refractivity contribution in [2.75, 3.05) is 6.54 Å². The number of hydrogen-bond acceptors (Lipinski definition) is 4. The maximum absolute atomic E-state index is 12.9. The second-order valence-electron chi connectivity index (χ2n) is 6.44. The van der Waals surface area contributed by atoms with E-state index in [1.54, 1.807) is 42.5 Å². The van der Waals surface area contributed by atoms with E-state index in [1.807, 2.05) is 0 Å². The highest BCUT2D eigenvalue weighted by atomic mass is 32.2. The van der Waals surface area contributed by atoms with Crippen LogP contribution in [0.3, 0.4) is 0 Å². The Kier molecular flexibility index (Phi) is 7.16. The average Bonchev–Trinajstić information content (AvgIpc) is 2.75. The van der Waals surface area contributed by atoms with Crippen LogP contribution in [0.5, 0.6) is 11.5 Å². The molecule has 2 N–H and O–H groups in total. The maximum Gasteiger partial charge on any atom is 0.240 e. The monoisotopic (exact) mass is 428 g/mol. The number of ether oxygens (including phenoxy) is 1. The molecule has 0 fully saturated rings. The van der Waals surface area contributed by atoms with Crippen molar-refractivity contribution in [3.05, 3.63) is 90.2 Å².